The largest absolute Gasteiger partial charge is 0.328 e. The molecule has 2 heterocycles. The van der Waals surface area contributed by atoms with Crippen LogP contribution in [0, 0.1) is 0 Å². The fraction of sp³-hybridized carbons (Fsp3) is 0.105. The van der Waals surface area contributed by atoms with Crippen LogP contribution in [-0.4, -0.2) is 20.7 Å². The maximum atomic E-state index is 13.0. The molecule has 25 heavy (non-hydrogen) atoms. The van der Waals surface area contributed by atoms with Gasteiger partial charge in [0.15, 0.2) is 0 Å². The minimum atomic E-state index is -0.330. The molecule has 2 aromatic carbocycles. The van der Waals surface area contributed by atoms with Crippen LogP contribution in [0.1, 0.15) is 18.5 Å². The van der Waals surface area contributed by atoms with Gasteiger partial charge in [0, 0.05) is 11.4 Å². The van der Waals surface area contributed by atoms with Crippen LogP contribution >= 0.6 is 0 Å². The number of hydrogen-bond acceptors (Lipinski definition) is 4. The Bertz CT molecular complexity index is 931. The molecular weight excluding hydrogens is 314 g/mol. The number of para-hydroxylation sites is 1. The van der Waals surface area contributed by atoms with E-state index in [2.05, 4.69) is 20.7 Å². The standard InChI is InChI=1S/C19H17N5O/c1-13-16(18(25)23-15-10-6-3-7-11-15)17(14-8-4-2-5-9-14)24-19(22-13)20-12-21-24/h2-12,17H,1H3,(H,23,25)(H,20,21,22). The Morgan fingerprint density at radius 1 is 1.08 bits per heavy atom. The molecule has 0 radical (unpaired) electrons. The summed E-state index contributed by atoms with van der Waals surface area (Å²) in [6.07, 6.45) is 1.49. The number of hydrogen-bond donors (Lipinski definition) is 2. The zero-order valence-corrected chi connectivity index (χ0v) is 13.7. The van der Waals surface area contributed by atoms with Crippen molar-refractivity contribution in [3.8, 4) is 0 Å². The van der Waals surface area contributed by atoms with Crippen molar-refractivity contribution in [3.63, 3.8) is 0 Å². The van der Waals surface area contributed by atoms with Gasteiger partial charge < -0.3 is 10.6 Å². The van der Waals surface area contributed by atoms with E-state index in [4.69, 9.17) is 0 Å². The Labute approximate surface area is 145 Å². The van der Waals surface area contributed by atoms with Crippen LogP contribution in [0.4, 0.5) is 11.6 Å². The minimum Gasteiger partial charge on any atom is -0.328 e. The van der Waals surface area contributed by atoms with Crippen molar-refractivity contribution < 1.29 is 4.79 Å². The van der Waals surface area contributed by atoms with Gasteiger partial charge in [0.25, 0.3) is 5.91 Å². The third-order valence-electron chi connectivity index (χ3n) is 4.19. The highest BCUT2D eigenvalue weighted by Gasteiger charge is 2.33. The van der Waals surface area contributed by atoms with Gasteiger partial charge in [-0.2, -0.15) is 10.1 Å². The Kier molecular flexibility index (Phi) is 3.78. The number of benzene rings is 2. The van der Waals surface area contributed by atoms with Crippen molar-refractivity contribution in [1.82, 2.24) is 14.8 Å². The highest BCUT2D eigenvalue weighted by Crippen LogP contribution is 2.34. The second-order valence-electron chi connectivity index (χ2n) is 5.83. The fourth-order valence-corrected chi connectivity index (χ4v) is 3.05. The molecule has 0 saturated heterocycles. The Morgan fingerprint density at radius 2 is 1.76 bits per heavy atom. The molecule has 0 bridgehead atoms. The van der Waals surface area contributed by atoms with Crippen molar-refractivity contribution >= 4 is 17.5 Å². The number of nitrogens with one attached hydrogen (secondary N) is 2. The van der Waals surface area contributed by atoms with Gasteiger partial charge in [0.2, 0.25) is 5.95 Å². The first-order valence-electron chi connectivity index (χ1n) is 8.02. The smallest absolute Gasteiger partial charge is 0.255 e. The highest BCUT2D eigenvalue weighted by molar-refractivity contribution is 6.05. The van der Waals surface area contributed by atoms with E-state index in [1.807, 2.05) is 67.6 Å². The van der Waals surface area contributed by atoms with Crippen molar-refractivity contribution in [2.24, 2.45) is 0 Å². The summed E-state index contributed by atoms with van der Waals surface area (Å²) in [5, 5.41) is 10.4. The normalized spacial score (nSPS) is 16.1. The molecule has 1 atom stereocenters. The van der Waals surface area contributed by atoms with Gasteiger partial charge in [-0.25, -0.2) is 4.68 Å². The van der Waals surface area contributed by atoms with Gasteiger partial charge in [-0.05, 0) is 24.6 Å². The number of rotatable bonds is 3. The number of amides is 1. The molecule has 1 aromatic heterocycles. The molecule has 1 aliphatic heterocycles. The van der Waals surface area contributed by atoms with Gasteiger partial charge in [-0.3, -0.25) is 4.79 Å². The zero-order chi connectivity index (χ0) is 17.2. The predicted molar refractivity (Wildman–Crippen MR) is 96.0 cm³/mol. The van der Waals surface area contributed by atoms with Crippen LogP contribution in [0.15, 0.2) is 78.3 Å². The number of carbonyl (C=O) groups is 1. The van der Waals surface area contributed by atoms with Crippen LogP contribution in [0.2, 0.25) is 0 Å². The zero-order valence-electron chi connectivity index (χ0n) is 13.7. The summed E-state index contributed by atoms with van der Waals surface area (Å²) in [6, 6.07) is 18.9. The Balaban J connectivity index is 1.77. The van der Waals surface area contributed by atoms with E-state index in [-0.39, 0.29) is 11.9 Å². The van der Waals surface area contributed by atoms with Crippen molar-refractivity contribution in [1.29, 1.82) is 0 Å². The van der Waals surface area contributed by atoms with Crippen LogP contribution in [0.25, 0.3) is 0 Å². The summed E-state index contributed by atoms with van der Waals surface area (Å²) in [6.45, 7) is 1.88. The molecule has 124 valence electrons. The SMILES string of the molecule is CC1=C(C(=O)Nc2ccccc2)C(c2ccccc2)n2ncnc2N1. The number of fused-ring (bicyclic) bond motifs is 1. The number of carbonyl (C=O) groups excluding carboxylic acids is 1. The summed E-state index contributed by atoms with van der Waals surface area (Å²) in [5.74, 6) is 0.466. The van der Waals surface area contributed by atoms with Gasteiger partial charge >= 0.3 is 0 Å². The average molecular weight is 331 g/mol. The molecule has 2 N–H and O–H groups in total. The van der Waals surface area contributed by atoms with Crippen LogP contribution in [0.3, 0.4) is 0 Å². The van der Waals surface area contributed by atoms with Gasteiger partial charge in [0.05, 0.1) is 5.57 Å². The van der Waals surface area contributed by atoms with Crippen LogP contribution < -0.4 is 10.6 Å². The third-order valence-corrected chi connectivity index (χ3v) is 4.19. The minimum absolute atomic E-state index is 0.161. The van der Waals surface area contributed by atoms with Gasteiger partial charge in [-0.15, -0.1) is 0 Å². The van der Waals surface area contributed by atoms with E-state index in [1.54, 1.807) is 4.68 Å². The molecule has 3 aromatic rings. The van der Waals surface area contributed by atoms with Crippen LogP contribution in [0.5, 0.6) is 0 Å². The molecule has 6 heteroatoms. The lowest BCUT2D eigenvalue weighted by Gasteiger charge is -2.28. The Hall–Kier alpha value is -3.41. The summed E-state index contributed by atoms with van der Waals surface area (Å²) in [7, 11) is 0. The summed E-state index contributed by atoms with van der Waals surface area (Å²) in [5.41, 5.74) is 3.12. The second-order valence-corrected chi connectivity index (χ2v) is 5.83. The molecule has 0 saturated carbocycles. The topological polar surface area (TPSA) is 71.8 Å². The average Bonchev–Trinajstić information content (AvgIpc) is 3.10. The van der Waals surface area contributed by atoms with E-state index in [0.717, 1.165) is 16.9 Å². The van der Waals surface area contributed by atoms with E-state index >= 15 is 0 Å². The molecule has 4 rings (SSSR count). The highest BCUT2D eigenvalue weighted by atomic mass is 16.1. The predicted octanol–water partition coefficient (Wildman–Crippen LogP) is 3.21. The lowest BCUT2D eigenvalue weighted by atomic mass is 9.95. The molecule has 0 aliphatic carbocycles. The number of allylic oxidation sites excluding steroid dienone is 1. The molecule has 1 unspecified atom stereocenters. The van der Waals surface area contributed by atoms with E-state index in [0.29, 0.717) is 11.5 Å². The molecule has 0 fully saturated rings. The monoisotopic (exact) mass is 331 g/mol. The lowest BCUT2D eigenvalue weighted by Crippen LogP contribution is -2.31. The lowest BCUT2D eigenvalue weighted by molar-refractivity contribution is -0.113. The first kappa shape index (κ1) is 15.1. The maximum absolute atomic E-state index is 13.0. The van der Waals surface area contributed by atoms with E-state index < -0.39 is 0 Å². The first-order chi connectivity index (χ1) is 12.2. The van der Waals surface area contributed by atoms with Gasteiger partial charge in [0.1, 0.15) is 12.4 Å². The van der Waals surface area contributed by atoms with Crippen LogP contribution in [-0.2, 0) is 4.79 Å². The third kappa shape index (κ3) is 2.78. The maximum Gasteiger partial charge on any atom is 0.255 e. The molecule has 1 amide bonds. The molecular formula is C19H17N5O. The molecule has 0 spiro atoms. The fourth-order valence-electron chi connectivity index (χ4n) is 3.05. The molecule has 1 aliphatic rings. The quantitative estimate of drug-likeness (QED) is 0.773. The van der Waals surface area contributed by atoms with Crippen molar-refractivity contribution in [2.75, 3.05) is 10.6 Å². The summed E-state index contributed by atoms with van der Waals surface area (Å²) >= 11 is 0. The van der Waals surface area contributed by atoms with Crippen molar-refractivity contribution in [2.45, 2.75) is 13.0 Å². The summed E-state index contributed by atoms with van der Waals surface area (Å²) < 4.78 is 1.74. The molecule has 6 nitrogen and oxygen atoms in total. The number of nitrogens with zero attached hydrogens (tertiary/aromatic N) is 3. The Morgan fingerprint density at radius 3 is 2.48 bits per heavy atom. The second kappa shape index (κ2) is 6.24. The number of anilines is 2. The van der Waals surface area contributed by atoms with Crippen molar-refractivity contribution in [3.05, 3.63) is 83.8 Å². The first-order valence-corrected chi connectivity index (χ1v) is 8.02. The van der Waals surface area contributed by atoms with E-state index in [9.17, 15) is 4.79 Å². The van der Waals surface area contributed by atoms with E-state index in [1.165, 1.54) is 6.33 Å². The number of aromatic nitrogens is 3. The summed E-state index contributed by atoms with van der Waals surface area (Å²) in [4.78, 5) is 17.3. The van der Waals surface area contributed by atoms with Gasteiger partial charge in [-0.1, -0.05) is 48.5 Å².